The van der Waals surface area contributed by atoms with Crippen molar-refractivity contribution in [2.24, 2.45) is 5.73 Å². The Morgan fingerprint density at radius 3 is 2.43 bits per heavy atom. The third-order valence-electron chi connectivity index (χ3n) is 3.68. The van der Waals surface area contributed by atoms with Gasteiger partial charge in [-0.2, -0.15) is 0 Å². The van der Waals surface area contributed by atoms with E-state index in [0.717, 1.165) is 22.4 Å². The van der Waals surface area contributed by atoms with Crippen molar-refractivity contribution in [1.29, 1.82) is 0 Å². The summed E-state index contributed by atoms with van der Waals surface area (Å²) in [6.07, 6.45) is 0. The Morgan fingerprint density at radius 2 is 1.78 bits per heavy atom. The minimum Gasteiger partial charge on any atom is -0.363 e. The molecular weight excluding hydrogens is 288 g/mol. The van der Waals surface area contributed by atoms with E-state index in [0.29, 0.717) is 5.82 Å². The molecule has 0 saturated carbocycles. The molecule has 0 saturated heterocycles. The highest BCUT2D eigenvalue weighted by molar-refractivity contribution is 5.89. The minimum absolute atomic E-state index is 0.0153. The lowest BCUT2D eigenvalue weighted by atomic mass is 10.1. The summed E-state index contributed by atoms with van der Waals surface area (Å²) in [4.78, 5) is 15.9. The number of aryl methyl sites for hydroxylation is 3. The predicted molar refractivity (Wildman–Crippen MR) is 89.5 cm³/mol. The number of aromatic nitrogens is 3. The molecule has 116 valence electrons. The smallest absolute Gasteiger partial charge is 0.288 e. The van der Waals surface area contributed by atoms with Gasteiger partial charge in [0.25, 0.3) is 5.91 Å². The van der Waals surface area contributed by atoms with E-state index in [1.165, 1.54) is 5.56 Å². The summed E-state index contributed by atoms with van der Waals surface area (Å²) in [6.45, 7) is 6.05. The molecule has 3 rings (SSSR count). The molecule has 3 aromatic rings. The molecule has 0 fully saturated rings. The number of nitrogens with zero attached hydrogens (tertiary/aromatic N) is 3. The van der Waals surface area contributed by atoms with E-state index < -0.39 is 5.91 Å². The second kappa shape index (κ2) is 5.68. The van der Waals surface area contributed by atoms with Gasteiger partial charge >= 0.3 is 0 Å². The minimum atomic E-state index is -0.637. The first-order valence-electron chi connectivity index (χ1n) is 7.37. The Balaban J connectivity index is 2.25. The monoisotopic (exact) mass is 306 g/mol. The van der Waals surface area contributed by atoms with E-state index in [2.05, 4.69) is 16.1 Å². The highest BCUT2D eigenvalue weighted by atomic mass is 16.1. The van der Waals surface area contributed by atoms with E-state index in [1.54, 1.807) is 4.68 Å². The van der Waals surface area contributed by atoms with Crippen LogP contribution in [-0.2, 0) is 0 Å². The van der Waals surface area contributed by atoms with E-state index in [1.807, 2.05) is 57.2 Å². The first-order valence-corrected chi connectivity index (χ1v) is 7.37. The molecule has 0 unspecified atom stereocenters. The van der Waals surface area contributed by atoms with Gasteiger partial charge in [0.2, 0.25) is 5.82 Å². The first kappa shape index (κ1) is 15.0. The molecule has 5 heteroatoms. The molecule has 23 heavy (non-hydrogen) atoms. The maximum atomic E-state index is 11.5. The number of benzene rings is 2. The molecule has 0 aliphatic heterocycles. The lowest BCUT2D eigenvalue weighted by Crippen LogP contribution is -2.13. The van der Waals surface area contributed by atoms with Crippen LogP contribution in [0.4, 0.5) is 0 Å². The van der Waals surface area contributed by atoms with Gasteiger partial charge in [-0.3, -0.25) is 4.79 Å². The zero-order valence-electron chi connectivity index (χ0n) is 13.4. The number of hydrogen-bond donors (Lipinski definition) is 1. The van der Waals surface area contributed by atoms with E-state index >= 15 is 0 Å². The van der Waals surface area contributed by atoms with Gasteiger partial charge in [0, 0.05) is 5.56 Å². The second-order valence-corrected chi connectivity index (χ2v) is 5.69. The molecule has 0 radical (unpaired) electrons. The Morgan fingerprint density at radius 1 is 1.04 bits per heavy atom. The number of carbonyl (C=O) groups excluding carboxylic acids is 1. The van der Waals surface area contributed by atoms with Gasteiger partial charge in [-0.15, -0.1) is 5.10 Å². The van der Waals surface area contributed by atoms with Crippen LogP contribution in [0.25, 0.3) is 17.1 Å². The molecule has 1 aromatic heterocycles. The van der Waals surface area contributed by atoms with Gasteiger partial charge in [0.05, 0.1) is 5.69 Å². The summed E-state index contributed by atoms with van der Waals surface area (Å²) in [5, 5.41) is 4.31. The lowest BCUT2D eigenvalue weighted by Gasteiger charge is -2.10. The molecule has 1 heterocycles. The standard InChI is InChI=1S/C18H18N4O/c1-11-5-4-6-14(10-11)18-20-17(16(19)23)21-22(18)15-8-7-12(2)9-13(15)3/h4-10H,1-3H3,(H2,19,23). The SMILES string of the molecule is Cc1cccc(-c2nc(C(N)=O)nn2-c2ccc(C)cc2C)c1. The number of rotatable bonds is 3. The highest BCUT2D eigenvalue weighted by Gasteiger charge is 2.17. The van der Waals surface area contributed by atoms with Crippen molar-refractivity contribution in [2.75, 3.05) is 0 Å². The van der Waals surface area contributed by atoms with Crippen LogP contribution in [0.3, 0.4) is 0 Å². The normalized spacial score (nSPS) is 10.7. The number of primary amides is 1. The van der Waals surface area contributed by atoms with Crippen molar-refractivity contribution >= 4 is 5.91 Å². The fraction of sp³-hybridized carbons (Fsp3) is 0.167. The molecule has 2 aromatic carbocycles. The summed E-state index contributed by atoms with van der Waals surface area (Å²) < 4.78 is 1.68. The van der Waals surface area contributed by atoms with Gasteiger partial charge in [-0.25, -0.2) is 9.67 Å². The summed E-state index contributed by atoms with van der Waals surface area (Å²) in [7, 11) is 0. The van der Waals surface area contributed by atoms with Crippen LogP contribution in [0.5, 0.6) is 0 Å². The highest BCUT2D eigenvalue weighted by Crippen LogP contribution is 2.24. The fourth-order valence-electron chi connectivity index (χ4n) is 2.60. The molecule has 0 atom stereocenters. The Labute approximate surface area is 134 Å². The molecule has 1 amide bonds. The molecule has 0 aliphatic carbocycles. The van der Waals surface area contributed by atoms with Gasteiger partial charge in [-0.05, 0) is 38.5 Å². The maximum absolute atomic E-state index is 11.5. The van der Waals surface area contributed by atoms with Crippen LogP contribution in [0, 0.1) is 20.8 Å². The quantitative estimate of drug-likeness (QED) is 0.808. The average Bonchev–Trinajstić information content (AvgIpc) is 2.92. The zero-order chi connectivity index (χ0) is 16.6. The van der Waals surface area contributed by atoms with Crippen molar-refractivity contribution in [1.82, 2.24) is 14.8 Å². The first-order chi connectivity index (χ1) is 11.0. The van der Waals surface area contributed by atoms with Crippen LogP contribution in [0.2, 0.25) is 0 Å². The Kier molecular flexibility index (Phi) is 3.70. The van der Waals surface area contributed by atoms with Crippen LogP contribution in [0.1, 0.15) is 27.3 Å². The van der Waals surface area contributed by atoms with Crippen LogP contribution >= 0.6 is 0 Å². The van der Waals surface area contributed by atoms with Crippen molar-refractivity contribution in [3.63, 3.8) is 0 Å². The van der Waals surface area contributed by atoms with Crippen LogP contribution in [-0.4, -0.2) is 20.7 Å². The summed E-state index contributed by atoms with van der Waals surface area (Å²) >= 11 is 0. The van der Waals surface area contributed by atoms with Gasteiger partial charge in [0.15, 0.2) is 5.82 Å². The largest absolute Gasteiger partial charge is 0.363 e. The van der Waals surface area contributed by atoms with Gasteiger partial charge < -0.3 is 5.73 Å². The topological polar surface area (TPSA) is 73.8 Å². The second-order valence-electron chi connectivity index (χ2n) is 5.69. The maximum Gasteiger partial charge on any atom is 0.288 e. The van der Waals surface area contributed by atoms with E-state index in [9.17, 15) is 4.79 Å². The lowest BCUT2D eigenvalue weighted by molar-refractivity contribution is 0.0990. The number of nitrogens with two attached hydrogens (primary N) is 1. The third kappa shape index (κ3) is 2.85. The summed E-state index contributed by atoms with van der Waals surface area (Å²) in [6, 6.07) is 14.0. The predicted octanol–water partition coefficient (Wildman–Crippen LogP) is 2.96. The molecular formula is C18H18N4O. The van der Waals surface area contributed by atoms with Gasteiger partial charge in [0.1, 0.15) is 0 Å². The summed E-state index contributed by atoms with van der Waals surface area (Å²) in [5.74, 6) is -0.0154. The number of amides is 1. The Hall–Kier alpha value is -2.95. The fourth-order valence-corrected chi connectivity index (χ4v) is 2.60. The average molecular weight is 306 g/mol. The van der Waals surface area contributed by atoms with Crippen LogP contribution in [0.15, 0.2) is 42.5 Å². The van der Waals surface area contributed by atoms with Crippen molar-refractivity contribution in [2.45, 2.75) is 20.8 Å². The van der Waals surface area contributed by atoms with E-state index in [-0.39, 0.29) is 5.82 Å². The number of carbonyl (C=O) groups is 1. The summed E-state index contributed by atoms with van der Waals surface area (Å²) in [5.41, 5.74) is 10.5. The molecule has 0 aliphatic rings. The van der Waals surface area contributed by atoms with Gasteiger partial charge in [-0.1, -0.05) is 41.5 Å². The van der Waals surface area contributed by atoms with Crippen molar-refractivity contribution in [3.8, 4) is 17.1 Å². The van der Waals surface area contributed by atoms with E-state index in [4.69, 9.17) is 5.73 Å². The van der Waals surface area contributed by atoms with Crippen molar-refractivity contribution in [3.05, 3.63) is 65.0 Å². The Bertz CT molecular complexity index is 896. The van der Waals surface area contributed by atoms with Crippen molar-refractivity contribution < 1.29 is 4.79 Å². The molecule has 2 N–H and O–H groups in total. The zero-order valence-corrected chi connectivity index (χ0v) is 13.4. The molecule has 0 spiro atoms. The molecule has 0 bridgehead atoms. The third-order valence-corrected chi connectivity index (χ3v) is 3.68. The van der Waals surface area contributed by atoms with Crippen LogP contribution < -0.4 is 5.73 Å². The number of hydrogen-bond acceptors (Lipinski definition) is 3. The molecule has 5 nitrogen and oxygen atoms in total.